The highest BCUT2D eigenvalue weighted by atomic mass is 79.9. The Kier molecular flexibility index (Phi) is 6.44. The van der Waals surface area contributed by atoms with E-state index in [1.165, 1.54) is 24.9 Å². The number of alkyl halides is 3. The van der Waals surface area contributed by atoms with Crippen molar-refractivity contribution < 1.29 is 18.0 Å². The molecule has 2 aromatic heterocycles. The highest BCUT2D eigenvalue weighted by molar-refractivity contribution is 9.10. The average molecular weight is 526 g/mol. The lowest BCUT2D eigenvalue weighted by atomic mass is 10.2. The third kappa shape index (κ3) is 4.79. The van der Waals surface area contributed by atoms with Gasteiger partial charge in [-0.1, -0.05) is 29.3 Å². The largest absolute Gasteiger partial charge is 0.436 e. The van der Waals surface area contributed by atoms with Crippen LogP contribution in [0.1, 0.15) is 29.9 Å². The molecule has 0 bridgehead atoms. The van der Waals surface area contributed by atoms with E-state index in [0.29, 0.717) is 10.0 Å². The van der Waals surface area contributed by atoms with Crippen LogP contribution in [0.5, 0.6) is 0 Å². The van der Waals surface area contributed by atoms with Crippen molar-refractivity contribution in [1.29, 1.82) is 0 Å². The summed E-state index contributed by atoms with van der Waals surface area (Å²) >= 11 is 14.9. The molecule has 160 valence electrons. The van der Waals surface area contributed by atoms with Crippen LogP contribution in [-0.2, 0) is 17.5 Å². The summed E-state index contributed by atoms with van der Waals surface area (Å²) in [6, 6.07) is 3.99. The smallest absolute Gasteiger partial charge is 0.291 e. The number of aromatic nitrogens is 5. The van der Waals surface area contributed by atoms with E-state index >= 15 is 0 Å². The molecular weight excluding hydrogens is 512 g/mol. The van der Waals surface area contributed by atoms with Gasteiger partial charge >= 0.3 is 6.18 Å². The lowest BCUT2D eigenvalue weighted by Gasteiger charge is -2.13. The van der Waals surface area contributed by atoms with Crippen molar-refractivity contribution in [2.45, 2.75) is 32.6 Å². The Hall–Kier alpha value is -2.11. The fourth-order valence-electron chi connectivity index (χ4n) is 2.64. The van der Waals surface area contributed by atoms with E-state index in [2.05, 4.69) is 36.4 Å². The van der Waals surface area contributed by atoms with Crippen LogP contribution in [0.2, 0.25) is 10.0 Å². The number of carbonyl (C=O) groups is 1. The first-order valence-corrected chi connectivity index (χ1v) is 9.98. The lowest BCUT2D eigenvalue weighted by Crippen LogP contribution is -2.26. The normalized spacial score (nSPS) is 12.8. The first-order valence-electron chi connectivity index (χ1n) is 8.43. The van der Waals surface area contributed by atoms with E-state index < -0.39 is 23.8 Å². The Bertz CT molecular complexity index is 1100. The summed E-state index contributed by atoms with van der Waals surface area (Å²) in [6.07, 6.45) is -3.25. The molecule has 1 N–H and O–H groups in total. The van der Waals surface area contributed by atoms with Crippen LogP contribution in [0, 0.1) is 6.92 Å². The molecule has 3 rings (SSSR count). The molecule has 30 heavy (non-hydrogen) atoms. The average Bonchev–Trinajstić information content (AvgIpc) is 3.21. The van der Waals surface area contributed by atoms with Crippen molar-refractivity contribution in [3.05, 3.63) is 56.0 Å². The summed E-state index contributed by atoms with van der Waals surface area (Å²) in [7, 11) is 0. The fraction of sp³-hybridized carbons (Fsp3) is 0.294. The fourth-order valence-corrected chi connectivity index (χ4v) is 3.59. The maximum absolute atomic E-state index is 13.0. The summed E-state index contributed by atoms with van der Waals surface area (Å²) in [5.74, 6) is -0.624. The van der Waals surface area contributed by atoms with Crippen molar-refractivity contribution >= 4 is 51.0 Å². The molecule has 7 nitrogen and oxygen atoms in total. The maximum atomic E-state index is 13.0. The van der Waals surface area contributed by atoms with Gasteiger partial charge in [-0.15, -0.1) is 5.10 Å². The van der Waals surface area contributed by atoms with E-state index in [4.69, 9.17) is 23.2 Å². The molecule has 1 unspecified atom stereocenters. The van der Waals surface area contributed by atoms with Gasteiger partial charge in [0.05, 0.1) is 16.7 Å². The predicted molar refractivity (Wildman–Crippen MR) is 109 cm³/mol. The van der Waals surface area contributed by atoms with Crippen LogP contribution < -0.4 is 5.32 Å². The standard InChI is InChI=1S/C17H14BrCl2F3N6O/c1-8-13(18)14(17(21,22)23)26-29(8)9(2)15(30)25-16-24-7-28(27-16)6-10-3-4-11(19)5-12(10)20/h3-5,7,9H,6H2,1-2H3,(H,25,27,30). The quantitative estimate of drug-likeness (QED) is 0.501. The molecule has 0 spiro atoms. The highest BCUT2D eigenvalue weighted by Crippen LogP contribution is 2.36. The molecule has 2 heterocycles. The summed E-state index contributed by atoms with van der Waals surface area (Å²) in [5.41, 5.74) is -0.184. The minimum absolute atomic E-state index is 0.00291. The molecule has 3 aromatic rings. The highest BCUT2D eigenvalue weighted by Gasteiger charge is 2.39. The number of hydrogen-bond acceptors (Lipinski definition) is 4. The van der Waals surface area contributed by atoms with Gasteiger partial charge in [0, 0.05) is 10.0 Å². The van der Waals surface area contributed by atoms with E-state index in [0.717, 1.165) is 10.2 Å². The number of hydrogen-bond donors (Lipinski definition) is 1. The second-order valence-electron chi connectivity index (χ2n) is 6.36. The Morgan fingerprint density at radius 1 is 1.30 bits per heavy atom. The van der Waals surface area contributed by atoms with Crippen LogP contribution in [0.25, 0.3) is 0 Å². The summed E-state index contributed by atoms with van der Waals surface area (Å²) in [5, 5.41) is 11.1. The SMILES string of the molecule is Cc1c(Br)c(C(F)(F)F)nn1C(C)C(=O)Nc1ncn(Cc2ccc(Cl)cc2Cl)n1. The molecule has 0 saturated heterocycles. The van der Waals surface area contributed by atoms with Crippen molar-refractivity contribution in [3.8, 4) is 0 Å². The van der Waals surface area contributed by atoms with Gasteiger partial charge in [0.2, 0.25) is 5.95 Å². The zero-order chi connectivity index (χ0) is 22.2. The topological polar surface area (TPSA) is 77.6 Å². The third-order valence-corrected chi connectivity index (χ3v) is 5.75. The van der Waals surface area contributed by atoms with E-state index in [-0.39, 0.29) is 22.7 Å². The van der Waals surface area contributed by atoms with Crippen molar-refractivity contribution in [1.82, 2.24) is 24.5 Å². The Labute approximate surface area is 187 Å². The number of nitrogens with zero attached hydrogens (tertiary/aromatic N) is 5. The first kappa shape index (κ1) is 22.6. The molecule has 13 heteroatoms. The Morgan fingerprint density at radius 2 is 2.00 bits per heavy atom. The minimum Gasteiger partial charge on any atom is -0.291 e. The number of rotatable bonds is 5. The van der Waals surface area contributed by atoms with Crippen LogP contribution in [0.15, 0.2) is 29.0 Å². The van der Waals surface area contributed by atoms with Gasteiger partial charge in [0.25, 0.3) is 5.91 Å². The van der Waals surface area contributed by atoms with Gasteiger partial charge in [-0.2, -0.15) is 18.3 Å². The van der Waals surface area contributed by atoms with E-state index in [1.54, 1.807) is 18.2 Å². The molecule has 0 aliphatic rings. The number of carbonyl (C=O) groups excluding carboxylic acids is 1. The second-order valence-corrected chi connectivity index (χ2v) is 7.99. The zero-order valence-corrected chi connectivity index (χ0v) is 18.6. The monoisotopic (exact) mass is 524 g/mol. The predicted octanol–water partition coefficient (Wildman–Crippen LogP) is 5.12. The number of halogens is 6. The van der Waals surface area contributed by atoms with Crippen LogP contribution in [0.3, 0.4) is 0 Å². The molecular formula is C17H14BrCl2F3N6O. The van der Waals surface area contributed by atoms with Crippen LogP contribution in [0.4, 0.5) is 19.1 Å². The zero-order valence-electron chi connectivity index (χ0n) is 15.5. The maximum Gasteiger partial charge on any atom is 0.436 e. The van der Waals surface area contributed by atoms with Gasteiger partial charge < -0.3 is 0 Å². The van der Waals surface area contributed by atoms with Gasteiger partial charge in [-0.25, -0.2) is 9.67 Å². The van der Waals surface area contributed by atoms with Crippen molar-refractivity contribution in [2.75, 3.05) is 5.32 Å². The van der Waals surface area contributed by atoms with Crippen LogP contribution in [-0.4, -0.2) is 30.5 Å². The molecule has 0 aliphatic carbocycles. The summed E-state index contributed by atoms with van der Waals surface area (Å²) in [6.45, 7) is 3.14. The Balaban J connectivity index is 1.72. The third-order valence-electron chi connectivity index (χ3n) is 4.21. The van der Waals surface area contributed by atoms with Gasteiger partial charge in [0.1, 0.15) is 12.4 Å². The number of anilines is 1. The molecule has 1 aromatic carbocycles. The van der Waals surface area contributed by atoms with Crippen molar-refractivity contribution in [2.24, 2.45) is 0 Å². The van der Waals surface area contributed by atoms with E-state index in [9.17, 15) is 18.0 Å². The van der Waals surface area contributed by atoms with Gasteiger partial charge in [-0.05, 0) is 47.5 Å². The minimum atomic E-state index is -4.64. The van der Waals surface area contributed by atoms with E-state index in [1.807, 2.05) is 0 Å². The number of nitrogens with one attached hydrogen (secondary N) is 1. The molecule has 1 amide bonds. The first-order chi connectivity index (χ1) is 14.0. The van der Waals surface area contributed by atoms with Gasteiger partial charge in [0.15, 0.2) is 5.69 Å². The van der Waals surface area contributed by atoms with Crippen molar-refractivity contribution in [3.63, 3.8) is 0 Å². The van der Waals surface area contributed by atoms with Gasteiger partial charge in [-0.3, -0.25) is 14.8 Å². The summed E-state index contributed by atoms with van der Waals surface area (Å²) in [4.78, 5) is 16.5. The molecule has 1 atom stereocenters. The molecule has 0 fully saturated rings. The second kappa shape index (κ2) is 8.56. The molecule has 0 aliphatic heterocycles. The number of benzene rings is 1. The lowest BCUT2D eigenvalue weighted by molar-refractivity contribution is -0.142. The molecule has 0 radical (unpaired) electrons. The number of amides is 1. The molecule has 0 saturated carbocycles. The van der Waals surface area contributed by atoms with Crippen LogP contribution >= 0.6 is 39.1 Å². The Morgan fingerprint density at radius 3 is 2.60 bits per heavy atom. The summed E-state index contributed by atoms with van der Waals surface area (Å²) < 4.78 is 41.4.